The van der Waals surface area contributed by atoms with Crippen LogP contribution in [-0.4, -0.2) is 31.8 Å². The van der Waals surface area contributed by atoms with Crippen molar-refractivity contribution in [1.82, 2.24) is 5.32 Å². The lowest BCUT2D eigenvalue weighted by atomic mass is 10.1. The van der Waals surface area contributed by atoms with Crippen molar-refractivity contribution in [1.29, 1.82) is 0 Å². The highest BCUT2D eigenvalue weighted by Crippen LogP contribution is 2.29. The second-order valence-corrected chi connectivity index (χ2v) is 5.83. The highest BCUT2D eigenvalue weighted by atomic mass is 16.5. The van der Waals surface area contributed by atoms with Gasteiger partial charge in [-0.1, -0.05) is 12.1 Å². The molecule has 0 fully saturated rings. The summed E-state index contributed by atoms with van der Waals surface area (Å²) >= 11 is 0. The van der Waals surface area contributed by atoms with Gasteiger partial charge in [-0.25, -0.2) is 0 Å². The van der Waals surface area contributed by atoms with E-state index in [0.29, 0.717) is 0 Å². The third-order valence-electron chi connectivity index (χ3n) is 3.07. The topological polar surface area (TPSA) is 24.5 Å². The Labute approximate surface area is 110 Å². The van der Waals surface area contributed by atoms with Crippen molar-refractivity contribution in [3.8, 4) is 5.75 Å². The Morgan fingerprint density at radius 1 is 1.28 bits per heavy atom. The van der Waals surface area contributed by atoms with Crippen molar-refractivity contribution in [2.75, 3.05) is 31.1 Å². The zero-order valence-electron chi connectivity index (χ0n) is 11.7. The summed E-state index contributed by atoms with van der Waals surface area (Å²) in [5, 5.41) is 3.54. The number of para-hydroxylation sites is 2. The van der Waals surface area contributed by atoms with Crippen LogP contribution in [0.15, 0.2) is 24.3 Å². The lowest BCUT2D eigenvalue weighted by Gasteiger charge is -2.27. The third kappa shape index (κ3) is 3.64. The molecule has 1 aliphatic rings. The molecule has 1 aliphatic heterocycles. The fraction of sp³-hybridized carbons (Fsp3) is 0.600. The summed E-state index contributed by atoms with van der Waals surface area (Å²) in [5.41, 5.74) is 1.41. The van der Waals surface area contributed by atoms with Crippen LogP contribution in [0.2, 0.25) is 0 Å². The summed E-state index contributed by atoms with van der Waals surface area (Å²) in [6.45, 7) is 10.5. The number of nitrogens with one attached hydrogen (secondary N) is 1. The molecule has 0 amide bonds. The van der Waals surface area contributed by atoms with Gasteiger partial charge in [-0.15, -0.1) is 0 Å². The van der Waals surface area contributed by atoms with E-state index in [1.165, 1.54) is 5.69 Å². The van der Waals surface area contributed by atoms with Crippen LogP contribution in [0.5, 0.6) is 5.75 Å². The monoisotopic (exact) mass is 248 g/mol. The summed E-state index contributed by atoms with van der Waals surface area (Å²) in [7, 11) is 0. The van der Waals surface area contributed by atoms with Crippen molar-refractivity contribution in [2.24, 2.45) is 0 Å². The van der Waals surface area contributed by atoms with Gasteiger partial charge in [-0.05, 0) is 39.3 Å². The molecule has 100 valence electrons. The first-order chi connectivity index (χ1) is 8.56. The molecule has 0 aromatic heterocycles. The molecule has 0 saturated carbocycles. The number of nitrogens with zero attached hydrogens (tertiary/aromatic N) is 1. The molecule has 1 aromatic carbocycles. The summed E-state index contributed by atoms with van der Waals surface area (Å²) in [6, 6.07) is 8.33. The average Bonchev–Trinajstić information content (AvgIpc) is 2.51. The van der Waals surface area contributed by atoms with E-state index in [9.17, 15) is 0 Å². The zero-order valence-corrected chi connectivity index (χ0v) is 11.7. The zero-order chi connectivity index (χ0) is 13.0. The lowest BCUT2D eigenvalue weighted by molar-refractivity contribution is 0.322. The Kier molecular flexibility index (Phi) is 4.12. The molecule has 1 N–H and O–H groups in total. The molecule has 3 heteroatoms. The molecule has 0 spiro atoms. The Hall–Kier alpha value is -1.22. The third-order valence-corrected chi connectivity index (χ3v) is 3.07. The molecule has 0 unspecified atom stereocenters. The maximum absolute atomic E-state index is 5.76. The van der Waals surface area contributed by atoms with Crippen LogP contribution in [0.25, 0.3) is 0 Å². The van der Waals surface area contributed by atoms with Gasteiger partial charge in [0.1, 0.15) is 5.75 Å². The van der Waals surface area contributed by atoms with Crippen LogP contribution in [-0.2, 0) is 0 Å². The smallest absolute Gasteiger partial charge is 0.142 e. The highest BCUT2D eigenvalue weighted by Gasteiger charge is 2.16. The van der Waals surface area contributed by atoms with Crippen molar-refractivity contribution in [3.05, 3.63) is 24.3 Å². The number of hydrogen-bond acceptors (Lipinski definition) is 3. The Bertz CT molecular complexity index is 384. The Balaban J connectivity index is 2.00. The first kappa shape index (κ1) is 13.2. The van der Waals surface area contributed by atoms with Gasteiger partial charge >= 0.3 is 0 Å². The van der Waals surface area contributed by atoms with Crippen LogP contribution in [0.1, 0.15) is 27.2 Å². The van der Waals surface area contributed by atoms with Crippen molar-refractivity contribution in [3.63, 3.8) is 0 Å². The summed E-state index contributed by atoms with van der Waals surface area (Å²) in [6.07, 6.45) is 1.09. The molecule has 0 radical (unpaired) electrons. The largest absolute Gasteiger partial charge is 0.491 e. The SMILES string of the molecule is CC(C)(C)NCCN1CCCOc2ccccc21. The Morgan fingerprint density at radius 2 is 2.06 bits per heavy atom. The molecular weight excluding hydrogens is 224 g/mol. The fourth-order valence-electron chi connectivity index (χ4n) is 2.20. The number of benzene rings is 1. The van der Waals surface area contributed by atoms with Gasteiger partial charge < -0.3 is 15.0 Å². The maximum atomic E-state index is 5.76. The van der Waals surface area contributed by atoms with Gasteiger partial charge in [0, 0.05) is 25.2 Å². The molecule has 0 aliphatic carbocycles. The predicted octanol–water partition coefficient (Wildman–Crippen LogP) is 2.66. The molecule has 0 saturated heterocycles. The number of hydrogen-bond donors (Lipinski definition) is 1. The molecule has 1 aromatic rings. The lowest BCUT2D eigenvalue weighted by Crippen LogP contribution is -2.41. The molecular formula is C15H24N2O. The van der Waals surface area contributed by atoms with Gasteiger partial charge in [0.15, 0.2) is 0 Å². The summed E-state index contributed by atoms with van der Waals surface area (Å²) < 4.78 is 5.76. The molecule has 1 heterocycles. The normalized spacial score (nSPS) is 15.8. The maximum Gasteiger partial charge on any atom is 0.142 e. The van der Waals surface area contributed by atoms with E-state index >= 15 is 0 Å². The van der Waals surface area contributed by atoms with Crippen molar-refractivity contribution < 1.29 is 4.74 Å². The minimum absolute atomic E-state index is 0.182. The van der Waals surface area contributed by atoms with Gasteiger partial charge in [0.25, 0.3) is 0 Å². The highest BCUT2D eigenvalue weighted by molar-refractivity contribution is 5.58. The molecule has 0 bridgehead atoms. The number of ether oxygens (including phenoxy) is 1. The quantitative estimate of drug-likeness (QED) is 0.890. The van der Waals surface area contributed by atoms with E-state index in [4.69, 9.17) is 4.74 Å². The van der Waals surface area contributed by atoms with Gasteiger partial charge in [-0.2, -0.15) is 0 Å². The molecule has 2 rings (SSSR count). The Morgan fingerprint density at radius 3 is 2.83 bits per heavy atom. The van der Waals surface area contributed by atoms with Crippen molar-refractivity contribution >= 4 is 5.69 Å². The van der Waals surface area contributed by atoms with Crippen LogP contribution in [0.4, 0.5) is 5.69 Å². The van der Waals surface area contributed by atoms with Gasteiger partial charge in [0.2, 0.25) is 0 Å². The van der Waals surface area contributed by atoms with E-state index in [1.807, 2.05) is 6.07 Å². The second-order valence-electron chi connectivity index (χ2n) is 5.83. The van der Waals surface area contributed by atoms with Crippen molar-refractivity contribution in [2.45, 2.75) is 32.7 Å². The molecule has 3 nitrogen and oxygen atoms in total. The molecule has 18 heavy (non-hydrogen) atoms. The fourth-order valence-corrected chi connectivity index (χ4v) is 2.20. The average molecular weight is 248 g/mol. The number of anilines is 1. The van der Waals surface area contributed by atoms with Gasteiger partial charge in [-0.3, -0.25) is 0 Å². The van der Waals surface area contributed by atoms with E-state index in [2.05, 4.69) is 49.2 Å². The first-order valence-electron chi connectivity index (χ1n) is 6.78. The van der Waals surface area contributed by atoms with Gasteiger partial charge in [0.05, 0.1) is 12.3 Å². The van der Waals surface area contributed by atoms with Crippen LogP contribution in [0.3, 0.4) is 0 Å². The minimum Gasteiger partial charge on any atom is -0.491 e. The van der Waals surface area contributed by atoms with Crippen LogP contribution < -0.4 is 15.0 Å². The first-order valence-corrected chi connectivity index (χ1v) is 6.78. The van der Waals surface area contributed by atoms with E-state index < -0.39 is 0 Å². The van der Waals surface area contributed by atoms with E-state index in [1.54, 1.807) is 0 Å². The van der Waals surface area contributed by atoms with Crippen LogP contribution in [0, 0.1) is 0 Å². The summed E-state index contributed by atoms with van der Waals surface area (Å²) in [5.74, 6) is 1.02. The number of rotatable bonds is 3. The van der Waals surface area contributed by atoms with E-state index in [0.717, 1.165) is 38.4 Å². The van der Waals surface area contributed by atoms with E-state index in [-0.39, 0.29) is 5.54 Å². The molecule has 0 atom stereocenters. The summed E-state index contributed by atoms with van der Waals surface area (Å²) in [4.78, 5) is 2.42. The second kappa shape index (κ2) is 5.61. The van der Waals surface area contributed by atoms with Crippen LogP contribution >= 0.6 is 0 Å². The number of fused-ring (bicyclic) bond motifs is 1. The standard InChI is InChI=1S/C15H24N2O/c1-15(2,3)16-9-11-17-10-6-12-18-14-8-5-4-7-13(14)17/h4-5,7-8,16H,6,9-12H2,1-3H3. The minimum atomic E-state index is 0.182. The predicted molar refractivity (Wildman–Crippen MR) is 76.5 cm³/mol.